The zero-order valence-electron chi connectivity index (χ0n) is 10.9. The Morgan fingerprint density at radius 3 is 2.15 bits per heavy atom. The average molecular weight is 276 g/mol. The van der Waals surface area contributed by atoms with Crippen LogP contribution < -0.4 is 5.73 Å². The predicted molar refractivity (Wildman–Crippen MR) is 71.3 cm³/mol. The number of carboxylic acid groups (broad SMARTS) is 1. The molecule has 0 saturated heterocycles. The van der Waals surface area contributed by atoms with Gasteiger partial charge in [-0.05, 0) is 37.9 Å². The molecule has 1 heterocycles. The number of carboxylic acids is 1. The minimum absolute atomic E-state index is 0.220. The molecule has 0 radical (unpaired) electrons. The van der Waals surface area contributed by atoms with Crippen LogP contribution in [0.5, 0.6) is 0 Å². The van der Waals surface area contributed by atoms with Gasteiger partial charge in [0.2, 0.25) is 0 Å². The van der Waals surface area contributed by atoms with Gasteiger partial charge in [-0.15, -0.1) is 0 Å². The number of fused-ring (bicyclic) bond motifs is 1. The Labute approximate surface area is 116 Å². The number of carbonyl (C=O) groups is 3. The molecule has 1 aliphatic heterocycles. The molecule has 1 aliphatic rings. The van der Waals surface area contributed by atoms with Gasteiger partial charge in [0, 0.05) is 0 Å². The number of aliphatic carboxylic acids is 1. The van der Waals surface area contributed by atoms with Crippen molar-refractivity contribution in [2.75, 3.05) is 6.54 Å². The van der Waals surface area contributed by atoms with Gasteiger partial charge < -0.3 is 10.8 Å². The molecular formula is C14H16N2O4. The largest absolute Gasteiger partial charge is 0.480 e. The van der Waals surface area contributed by atoms with Crippen LogP contribution in [-0.2, 0) is 4.79 Å². The summed E-state index contributed by atoms with van der Waals surface area (Å²) in [4.78, 5) is 36.6. The fourth-order valence-electron chi connectivity index (χ4n) is 2.34. The number of imide groups is 1. The number of hydrogen-bond acceptors (Lipinski definition) is 4. The van der Waals surface area contributed by atoms with Crippen molar-refractivity contribution in [3.8, 4) is 0 Å². The number of amides is 2. The number of rotatable bonds is 6. The third-order valence-corrected chi connectivity index (χ3v) is 3.35. The first-order valence-electron chi connectivity index (χ1n) is 6.47. The molecule has 1 aromatic rings. The van der Waals surface area contributed by atoms with Gasteiger partial charge in [-0.25, -0.2) is 4.79 Å². The van der Waals surface area contributed by atoms with Gasteiger partial charge in [-0.1, -0.05) is 12.1 Å². The molecule has 20 heavy (non-hydrogen) atoms. The molecule has 6 nitrogen and oxygen atoms in total. The number of carbonyl (C=O) groups excluding carboxylic acids is 2. The SMILES string of the molecule is NCCCC[C@@H](C(=O)O)N1C(=O)c2ccccc2C1=O. The first-order chi connectivity index (χ1) is 9.57. The molecule has 2 rings (SSSR count). The molecule has 0 aliphatic carbocycles. The summed E-state index contributed by atoms with van der Waals surface area (Å²) in [7, 11) is 0. The Kier molecular flexibility index (Phi) is 4.14. The molecular weight excluding hydrogens is 260 g/mol. The van der Waals surface area contributed by atoms with E-state index in [9.17, 15) is 19.5 Å². The summed E-state index contributed by atoms with van der Waals surface area (Å²) in [6, 6.07) is 5.24. The van der Waals surface area contributed by atoms with Crippen molar-refractivity contribution in [1.29, 1.82) is 0 Å². The molecule has 2 amide bonds. The van der Waals surface area contributed by atoms with Gasteiger partial charge in [0.25, 0.3) is 11.8 Å². The van der Waals surface area contributed by atoms with E-state index >= 15 is 0 Å². The van der Waals surface area contributed by atoms with E-state index in [4.69, 9.17) is 5.73 Å². The lowest BCUT2D eigenvalue weighted by atomic mass is 10.1. The Balaban J connectivity index is 2.25. The molecule has 0 fully saturated rings. The van der Waals surface area contributed by atoms with Crippen LogP contribution in [0.2, 0.25) is 0 Å². The van der Waals surface area contributed by atoms with Crippen LogP contribution in [0.4, 0.5) is 0 Å². The lowest BCUT2D eigenvalue weighted by Gasteiger charge is -2.22. The van der Waals surface area contributed by atoms with Gasteiger partial charge in [0.1, 0.15) is 6.04 Å². The fraction of sp³-hybridized carbons (Fsp3) is 0.357. The van der Waals surface area contributed by atoms with Crippen molar-refractivity contribution in [3.05, 3.63) is 35.4 Å². The van der Waals surface area contributed by atoms with Crippen LogP contribution in [0.1, 0.15) is 40.0 Å². The van der Waals surface area contributed by atoms with Gasteiger partial charge in [0.15, 0.2) is 0 Å². The first-order valence-corrected chi connectivity index (χ1v) is 6.47. The van der Waals surface area contributed by atoms with E-state index in [2.05, 4.69) is 0 Å². The third kappa shape index (κ3) is 2.42. The number of unbranched alkanes of at least 4 members (excludes halogenated alkanes) is 1. The van der Waals surface area contributed by atoms with E-state index in [0.717, 1.165) is 4.90 Å². The molecule has 1 aromatic carbocycles. The number of nitrogens with two attached hydrogens (primary N) is 1. The van der Waals surface area contributed by atoms with Gasteiger partial charge in [-0.2, -0.15) is 0 Å². The molecule has 0 saturated carbocycles. The summed E-state index contributed by atoms with van der Waals surface area (Å²) in [6.07, 6.45) is 1.44. The van der Waals surface area contributed by atoms with Crippen LogP contribution in [0.3, 0.4) is 0 Å². The van der Waals surface area contributed by atoms with Gasteiger partial charge in [-0.3, -0.25) is 14.5 Å². The van der Waals surface area contributed by atoms with E-state index < -0.39 is 23.8 Å². The van der Waals surface area contributed by atoms with E-state index in [0.29, 0.717) is 19.4 Å². The van der Waals surface area contributed by atoms with Crippen LogP contribution in [0.25, 0.3) is 0 Å². The highest BCUT2D eigenvalue weighted by atomic mass is 16.4. The lowest BCUT2D eigenvalue weighted by Crippen LogP contribution is -2.44. The average Bonchev–Trinajstić information content (AvgIpc) is 2.68. The summed E-state index contributed by atoms with van der Waals surface area (Å²) >= 11 is 0. The monoisotopic (exact) mass is 276 g/mol. The number of benzene rings is 1. The molecule has 0 bridgehead atoms. The molecule has 6 heteroatoms. The van der Waals surface area contributed by atoms with Crippen molar-refractivity contribution >= 4 is 17.8 Å². The van der Waals surface area contributed by atoms with Crippen molar-refractivity contribution in [1.82, 2.24) is 4.90 Å². The van der Waals surface area contributed by atoms with E-state index in [1.165, 1.54) is 12.1 Å². The molecule has 3 N–H and O–H groups in total. The second kappa shape index (κ2) is 5.83. The number of hydrogen-bond donors (Lipinski definition) is 2. The first kappa shape index (κ1) is 14.2. The molecule has 106 valence electrons. The van der Waals surface area contributed by atoms with Crippen molar-refractivity contribution in [2.24, 2.45) is 5.73 Å². The maximum absolute atomic E-state index is 12.2. The van der Waals surface area contributed by atoms with Crippen LogP contribution in [0.15, 0.2) is 24.3 Å². The van der Waals surface area contributed by atoms with Crippen molar-refractivity contribution in [2.45, 2.75) is 25.3 Å². The van der Waals surface area contributed by atoms with Crippen LogP contribution in [0, 0.1) is 0 Å². The third-order valence-electron chi connectivity index (χ3n) is 3.35. The second-order valence-corrected chi connectivity index (χ2v) is 4.66. The highest BCUT2D eigenvalue weighted by molar-refractivity contribution is 6.22. The molecule has 0 spiro atoms. The predicted octanol–water partition coefficient (Wildman–Crippen LogP) is 0.865. The molecule has 0 aromatic heterocycles. The zero-order valence-corrected chi connectivity index (χ0v) is 10.9. The topological polar surface area (TPSA) is 101 Å². The Bertz CT molecular complexity index is 521. The molecule has 0 unspecified atom stereocenters. The normalized spacial score (nSPS) is 15.3. The maximum Gasteiger partial charge on any atom is 0.326 e. The summed E-state index contributed by atoms with van der Waals surface area (Å²) in [5.74, 6) is -2.24. The lowest BCUT2D eigenvalue weighted by molar-refractivity contribution is -0.141. The van der Waals surface area contributed by atoms with E-state index in [-0.39, 0.29) is 17.5 Å². The van der Waals surface area contributed by atoms with Gasteiger partial charge in [0.05, 0.1) is 11.1 Å². The quantitative estimate of drug-likeness (QED) is 0.593. The zero-order chi connectivity index (χ0) is 14.7. The van der Waals surface area contributed by atoms with Crippen molar-refractivity contribution < 1.29 is 19.5 Å². The summed E-state index contributed by atoms with van der Waals surface area (Å²) in [5.41, 5.74) is 5.91. The smallest absolute Gasteiger partial charge is 0.326 e. The van der Waals surface area contributed by atoms with E-state index in [1.54, 1.807) is 12.1 Å². The minimum atomic E-state index is -1.17. The maximum atomic E-state index is 12.2. The highest BCUT2D eigenvalue weighted by Crippen LogP contribution is 2.26. The Morgan fingerprint density at radius 2 is 1.70 bits per heavy atom. The second-order valence-electron chi connectivity index (χ2n) is 4.66. The number of nitrogens with zero attached hydrogens (tertiary/aromatic N) is 1. The summed E-state index contributed by atoms with van der Waals surface area (Å²) in [6.45, 7) is 0.453. The standard InChI is InChI=1S/C14H16N2O4/c15-8-4-3-7-11(14(19)20)16-12(17)9-5-1-2-6-10(9)13(16)18/h1-2,5-6,11H,3-4,7-8,15H2,(H,19,20)/t11-/m0/s1. The Morgan fingerprint density at radius 1 is 1.15 bits per heavy atom. The van der Waals surface area contributed by atoms with Gasteiger partial charge >= 0.3 is 5.97 Å². The Hall–Kier alpha value is -2.21. The highest BCUT2D eigenvalue weighted by Gasteiger charge is 2.42. The summed E-state index contributed by atoms with van der Waals surface area (Å²) < 4.78 is 0. The van der Waals surface area contributed by atoms with E-state index in [1.807, 2.05) is 0 Å². The van der Waals surface area contributed by atoms with Crippen LogP contribution in [-0.4, -0.2) is 40.4 Å². The molecule has 1 atom stereocenters. The summed E-state index contributed by atoms with van der Waals surface area (Å²) in [5, 5.41) is 9.27. The minimum Gasteiger partial charge on any atom is -0.480 e. The fourth-order valence-corrected chi connectivity index (χ4v) is 2.34. The van der Waals surface area contributed by atoms with Crippen molar-refractivity contribution in [3.63, 3.8) is 0 Å². The van der Waals surface area contributed by atoms with Crippen LogP contribution >= 0.6 is 0 Å².